The van der Waals surface area contributed by atoms with Crippen molar-refractivity contribution in [3.63, 3.8) is 0 Å². The highest BCUT2D eigenvalue weighted by molar-refractivity contribution is 6.11. The molecule has 3 amide bonds. The summed E-state index contributed by atoms with van der Waals surface area (Å²) in [6, 6.07) is 4.21. The van der Waals surface area contributed by atoms with Gasteiger partial charge in [-0.2, -0.15) is 0 Å². The highest BCUT2D eigenvalue weighted by atomic mass is 19.1. The van der Waals surface area contributed by atoms with Crippen LogP contribution in [0.3, 0.4) is 0 Å². The van der Waals surface area contributed by atoms with E-state index in [-0.39, 0.29) is 29.9 Å². The number of amides is 3. The van der Waals surface area contributed by atoms with Crippen LogP contribution >= 0.6 is 0 Å². The van der Waals surface area contributed by atoms with Crippen LogP contribution in [0.1, 0.15) is 18.4 Å². The van der Waals surface area contributed by atoms with Gasteiger partial charge in [0.1, 0.15) is 11.4 Å². The van der Waals surface area contributed by atoms with Crippen molar-refractivity contribution in [2.45, 2.75) is 25.4 Å². The van der Waals surface area contributed by atoms with Crippen LogP contribution in [0.4, 0.5) is 25.4 Å². The second kappa shape index (κ2) is 7.84. The Hall–Kier alpha value is -4.02. The van der Waals surface area contributed by atoms with Gasteiger partial charge in [0, 0.05) is 48.4 Å². The first-order valence-electron chi connectivity index (χ1n) is 10.3. The first-order valence-corrected chi connectivity index (χ1v) is 10.3. The molecule has 1 aromatic carbocycles. The average Bonchev–Trinajstić information content (AvgIpc) is 3.52. The van der Waals surface area contributed by atoms with Crippen molar-refractivity contribution in [2.24, 2.45) is 0 Å². The SMILES string of the molecule is COc1cc(OC)c(F)c(N2Cc3cnc4[nH]c(OC(=O)NC5CC5)cc4c3N(C)C2=O)c1. The van der Waals surface area contributed by atoms with E-state index in [0.29, 0.717) is 28.0 Å². The molecule has 3 aromatic rings. The van der Waals surface area contributed by atoms with E-state index in [1.165, 1.54) is 36.2 Å². The molecule has 0 bridgehead atoms. The number of rotatable bonds is 5. The third-order valence-electron chi connectivity index (χ3n) is 5.70. The number of aromatic amines is 1. The predicted octanol–water partition coefficient (Wildman–Crippen LogP) is 3.55. The van der Waals surface area contributed by atoms with Gasteiger partial charge in [-0.3, -0.25) is 9.80 Å². The van der Waals surface area contributed by atoms with Gasteiger partial charge in [0.25, 0.3) is 0 Å². The van der Waals surface area contributed by atoms with Crippen LogP contribution in [0.15, 0.2) is 24.4 Å². The summed E-state index contributed by atoms with van der Waals surface area (Å²) in [6.45, 7) is 0.0816. The van der Waals surface area contributed by atoms with Gasteiger partial charge in [-0.15, -0.1) is 0 Å². The number of hydrogen-bond acceptors (Lipinski definition) is 6. The molecule has 10 nitrogen and oxygen atoms in total. The number of nitrogens with one attached hydrogen (secondary N) is 2. The number of nitrogens with zero attached hydrogens (tertiary/aromatic N) is 3. The molecule has 0 atom stereocenters. The molecule has 1 aliphatic carbocycles. The quantitative estimate of drug-likeness (QED) is 0.609. The lowest BCUT2D eigenvalue weighted by molar-refractivity contribution is 0.198. The van der Waals surface area contributed by atoms with Crippen molar-refractivity contribution in [1.82, 2.24) is 15.3 Å². The fraction of sp³-hybridized carbons (Fsp3) is 0.318. The van der Waals surface area contributed by atoms with Crippen LogP contribution in [0, 0.1) is 5.82 Å². The van der Waals surface area contributed by atoms with Crippen molar-refractivity contribution in [3.8, 4) is 17.4 Å². The number of fused-ring (bicyclic) bond motifs is 3. The first kappa shape index (κ1) is 20.9. The van der Waals surface area contributed by atoms with E-state index in [9.17, 15) is 9.59 Å². The molecule has 3 heterocycles. The van der Waals surface area contributed by atoms with E-state index in [0.717, 1.165) is 12.8 Å². The molecule has 0 unspecified atom stereocenters. The number of hydrogen-bond donors (Lipinski definition) is 2. The highest BCUT2D eigenvalue weighted by Gasteiger charge is 2.34. The number of halogens is 1. The number of anilines is 2. The topological polar surface area (TPSA) is 109 Å². The normalized spacial score (nSPS) is 15.5. The van der Waals surface area contributed by atoms with Gasteiger partial charge in [-0.25, -0.2) is 19.0 Å². The maximum Gasteiger partial charge on any atom is 0.414 e. The molecule has 1 fully saturated rings. The van der Waals surface area contributed by atoms with Crippen molar-refractivity contribution in [2.75, 3.05) is 31.1 Å². The average molecular weight is 455 g/mol. The van der Waals surface area contributed by atoms with E-state index in [1.54, 1.807) is 19.3 Å². The molecule has 2 aromatic heterocycles. The molecule has 33 heavy (non-hydrogen) atoms. The molecule has 172 valence electrons. The number of ether oxygens (including phenoxy) is 3. The van der Waals surface area contributed by atoms with Gasteiger partial charge in [-0.1, -0.05) is 0 Å². The number of carbonyl (C=O) groups is 2. The van der Waals surface area contributed by atoms with Gasteiger partial charge in [0.2, 0.25) is 5.88 Å². The Balaban J connectivity index is 1.51. The summed E-state index contributed by atoms with van der Waals surface area (Å²) in [6.07, 6.45) is 2.95. The minimum Gasteiger partial charge on any atom is -0.497 e. The molecule has 1 saturated carbocycles. The lowest BCUT2D eigenvalue weighted by Crippen LogP contribution is -2.45. The van der Waals surface area contributed by atoms with E-state index < -0.39 is 17.9 Å². The second-order valence-electron chi connectivity index (χ2n) is 7.93. The molecule has 2 N–H and O–H groups in total. The Kier molecular flexibility index (Phi) is 4.95. The number of methoxy groups -OCH3 is 2. The Morgan fingerprint density at radius 1 is 1.24 bits per heavy atom. The smallest absolute Gasteiger partial charge is 0.414 e. The highest BCUT2D eigenvalue weighted by Crippen LogP contribution is 2.40. The van der Waals surface area contributed by atoms with E-state index in [1.807, 2.05) is 0 Å². The van der Waals surface area contributed by atoms with Gasteiger partial charge >= 0.3 is 12.1 Å². The van der Waals surface area contributed by atoms with Gasteiger partial charge in [-0.05, 0) is 12.8 Å². The summed E-state index contributed by atoms with van der Waals surface area (Å²) in [4.78, 5) is 35.3. The summed E-state index contributed by atoms with van der Waals surface area (Å²) < 4.78 is 30.7. The molecular weight excluding hydrogens is 433 g/mol. The monoisotopic (exact) mass is 455 g/mol. The summed E-state index contributed by atoms with van der Waals surface area (Å²) in [5, 5.41) is 3.36. The fourth-order valence-electron chi connectivity index (χ4n) is 3.89. The van der Waals surface area contributed by atoms with Crippen LogP contribution in [-0.2, 0) is 6.54 Å². The lowest BCUT2D eigenvalue weighted by atomic mass is 10.1. The van der Waals surface area contributed by atoms with E-state index >= 15 is 4.39 Å². The Labute approximate surface area is 188 Å². The third kappa shape index (κ3) is 3.65. The lowest BCUT2D eigenvalue weighted by Gasteiger charge is -2.35. The first-order chi connectivity index (χ1) is 15.9. The van der Waals surface area contributed by atoms with Crippen LogP contribution in [0.25, 0.3) is 11.0 Å². The molecule has 0 saturated heterocycles. The van der Waals surface area contributed by atoms with Crippen molar-refractivity contribution < 1.29 is 28.2 Å². The molecule has 5 rings (SSSR count). The van der Waals surface area contributed by atoms with Gasteiger partial charge in [0.15, 0.2) is 11.6 Å². The molecule has 1 aliphatic heterocycles. The standard InChI is InChI=1S/C22H22FN5O5/c1-27-19-11(9-24-20-14(19)8-17(26-20)33-21(29)25-12-4-5-12)10-28(22(27)30)15-6-13(31-2)7-16(32-3)18(15)23/h6-9,12H,4-5,10H2,1-3H3,(H,24,26)(H,25,29). The van der Waals surface area contributed by atoms with Crippen LogP contribution < -0.4 is 29.3 Å². The predicted molar refractivity (Wildman–Crippen MR) is 118 cm³/mol. The number of H-pyrrole nitrogens is 1. The molecule has 0 spiro atoms. The molecule has 2 aliphatic rings. The largest absolute Gasteiger partial charge is 0.497 e. The Morgan fingerprint density at radius 3 is 2.73 bits per heavy atom. The zero-order chi connectivity index (χ0) is 23.3. The van der Waals surface area contributed by atoms with Crippen molar-refractivity contribution >= 4 is 34.5 Å². The van der Waals surface area contributed by atoms with Gasteiger partial charge in [0.05, 0.1) is 32.1 Å². The van der Waals surface area contributed by atoms with E-state index in [4.69, 9.17) is 14.2 Å². The molecule has 0 radical (unpaired) electrons. The van der Waals surface area contributed by atoms with Gasteiger partial charge < -0.3 is 24.5 Å². The van der Waals surface area contributed by atoms with Crippen LogP contribution in [-0.4, -0.2) is 49.4 Å². The molecule has 11 heteroatoms. The zero-order valence-electron chi connectivity index (χ0n) is 18.3. The number of benzene rings is 1. The maximum absolute atomic E-state index is 15.1. The number of pyridine rings is 1. The maximum atomic E-state index is 15.1. The Bertz CT molecular complexity index is 1270. The summed E-state index contributed by atoms with van der Waals surface area (Å²) in [5.74, 6) is -0.126. The summed E-state index contributed by atoms with van der Waals surface area (Å²) in [7, 11) is 4.39. The summed E-state index contributed by atoms with van der Waals surface area (Å²) in [5.41, 5.74) is 1.79. The number of urea groups is 1. The number of aromatic nitrogens is 2. The fourth-order valence-corrected chi connectivity index (χ4v) is 3.89. The number of carbonyl (C=O) groups excluding carboxylic acids is 2. The second-order valence-corrected chi connectivity index (χ2v) is 7.93. The van der Waals surface area contributed by atoms with E-state index in [2.05, 4.69) is 15.3 Å². The van der Waals surface area contributed by atoms with Crippen molar-refractivity contribution in [3.05, 3.63) is 35.8 Å². The third-order valence-corrected chi connectivity index (χ3v) is 5.70. The zero-order valence-corrected chi connectivity index (χ0v) is 18.3. The van der Waals surface area contributed by atoms with Crippen LogP contribution in [0.5, 0.6) is 17.4 Å². The minimum atomic E-state index is -0.670. The van der Waals surface area contributed by atoms with Crippen molar-refractivity contribution in [1.29, 1.82) is 0 Å². The summed E-state index contributed by atoms with van der Waals surface area (Å²) >= 11 is 0. The van der Waals surface area contributed by atoms with Crippen LogP contribution in [0.2, 0.25) is 0 Å². The minimum absolute atomic E-state index is 0.0311. The Morgan fingerprint density at radius 2 is 2.03 bits per heavy atom. The molecular formula is C22H22FN5O5.